The highest BCUT2D eigenvalue weighted by Gasteiger charge is 2.21. The number of benzene rings is 3. The van der Waals surface area contributed by atoms with Crippen molar-refractivity contribution >= 4 is 60.4 Å². The third-order valence-electron chi connectivity index (χ3n) is 4.61. The Labute approximate surface area is 207 Å². The number of non-ortho nitro benzene ring substituents is 1. The molecule has 0 saturated heterocycles. The third kappa shape index (κ3) is 5.46. The molecule has 3 aromatic carbocycles. The average molecular weight is 539 g/mol. The number of nitro groups is 1. The van der Waals surface area contributed by atoms with Crippen LogP contribution in [0.1, 0.15) is 29.8 Å². The third-order valence-corrected chi connectivity index (χ3v) is 6.10. The minimum atomic E-state index is -0.470. The van der Waals surface area contributed by atoms with Crippen molar-refractivity contribution in [3.8, 4) is 5.75 Å². The number of nitrogens with zero attached hydrogens (tertiary/aromatic N) is 4. The van der Waals surface area contributed by atoms with Gasteiger partial charge in [-0.25, -0.2) is 4.98 Å². The van der Waals surface area contributed by atoms with Crippen LogP contribution in [0.25, 0.3) is 10.2 Å². The number of rotatable bonds is 7. The Morgan fingerprint density at radius 2 is 1.85 bits per heavy atom. The number of thiazole rings is 1. The summed E-state index contributed by atoms with van der Waals surface area (Å²) in [6.45, 7) is 3.86. The van der Waals surface area contributed by atoms with Crippen LogP contribution in [0.4, 0.5) is 10.8 Å². The number of carbonyl (C=O) groups excluding carboxylic acids is 1. The molecule has 0 atom stereocenters. The lowest BCUT2D eigenvalue weighted by atomic mass is 10.2. The van der Waals surface area contributed by atoms with Crippen molar-refractivity contribution in [2.24, 2.45) is 5.10 Å². The second kappa shape index (κ2) is 10.1. The number of hydrogen-bond donors (Lipinski definition) is 0. The summed E-state index contributed by atoms with van der Waals surface area (Å²) in [5, 5.41) is 16.9. The zero-order valence-corrected chi connectivity index (χ0v) is 20.6. The van der Waals surface area contributed by atoms with Crippen molar-refractivity contribution in [2.75, 3.05) is 5.01 Å². The lowest BCUT2D eigenvalue weighted by molar-refractivity contribution is -0.384. The molecular formula is C24H19BrN4O4S. The van der Waals surface area contributed by atoms with E-state index in [1.165, 1.54) is 34.7 Å². The Morgan fingerprint density at radius 3 is 2.50 bits per heavy atom. The van der Waals surface area contributed by atoms with Crippen LogP contribution in [0.3, 0.4) is 0 Å². The molecule has 0 saturated carbocycles. The molecule has 1 aromatic heterocycles. The van der Waals surface area contributed by atoms with Crippen LogP contribution in [0.15, 0.2) is 76.3 Å². The number of halogens is 1. The highest BCUT2D eigenvalue weighted by atomic mass is 79.9. The van der Waals surface area contributed by atoms with Crippen LogP contribution in [-0.2, 0) is 0 Å². The normalized spacial score (nSPS) is 11.3. The van der Waals surface area contributed by atoms with E-state index < -0.39 is 4.92 Å². The van der Waals surface area contributed by atoms with Crippen molar-refractivity contribution in [3.63, 3.8) is 0 Å². The molecule has 10 heteroatoms. The van der Waals surface area contributed by atoms with Crippen molar-refractivity contribution in [1.29, 1.82) is 0 Å². The lowest BCUT2D eigenvalue weighted by Crippen LogP contribution is -2.25. The number of aromatic nitrogens is 1. The Balaban J connectivity index is 1.69. The van der Waals surface area contributed by atoms with E-state index in [4.69, 9.17) is 4.74 Å². The first-order valence-corrected chi connectivity index (χ1v) is 11.9. The van der Waals surface area contributed by atoms with Gasteiger partial charge < -0.3 is 4.74 Å². The summed E-state index contributed by atoms with van der Waals surface area (Å²) in [6.07, 6.45) is 1.49. The van der Waals surface area contributed by atoms with Crippen LogP contribution >= 0.6 is 27.3 Å². The van der Waals surface area contributed by atoms with E-state index in [0.29, 0.717) is 22.0 Å². The van der Waals surface area contributed by atoms with E-state index in [1.807, 2.05) is 32.0 Å². The predicted molar refractivity (Wildman–Crippen MR) is 137 cm³/mol. The van der Waals surface area contributed by atoms with Gasteiger partial charge in [0.2, 0.25) is 5.13 Å². The molecule has 0 aliphatic rings. The number of hydrogen-bond acceptors (Lipinski definition) is 7. The Hall–Kier alpha value is -3.63. The number of hydrazone groups is 1. The number of ether oxygens (including phenoxy) is 1. The number of fused-ring (bicyclic) bond motifs is 1. The summed E-state index contributed by atoms with van der Waals surface area (Å²) in [5.41, 5.74) is 1.74. The average Bonchev–Trinajstić information content (AvgIpc) is 3.22. The minimum absolute atomic E-state index is 0.0198. The molecule has 4 rings (SSSR count). The topological polar surface area (TPSA) is 97.9 Å². The predicted octanol–water partition coefficient (Wildman–Crippen LogP) is 6.44. The Morgan fingerprint density at radius 1 is 1.15 bits per heavy atom. The first-order chi connectivity index (χ1) is 16.3. The molecule has 1 amide bonds. The van der Waals surface area contributed by atoms with Gasteiger partial charge in [-0.15, -0.1) is 0 Å². The van der Waals surface area contributed by atoms with E-state index in [0.717, 1.165) is 14.7 Å². The van der Waals surface area contributed by atoms with E-state index in [-0.39, 0.29) is 17.7 Å². The molecule has 172 valence electrons. The molecule has 0 spiro atoms. The smallest absolute Gasteiger partial charge is 0.280 e. The fraction of sp³-hybridized carbons (Fsp3) is 0.125. The maximum atomic E-state index is 13.4. The maximum absolute atomic E-state index is 13.4. The number of amides is 1. The van der Waals surface area contributed by atoms with Gasteiger partial charge in [-0.1, -0.05) is 27.3 Å². The van der Waals surface area contributed by atoms with E-state index >= 15 is 0 Å². The second-order valence-corrected chi connectivity index (χ2v) is 9.43. The van der Waals surface area contributed by atoms with Crippen molar-refractivity contribution in [1.82, 2.24) is 4.98 Å². The van der Waals surface area contributed by atoms with Gasteiger partial charge in [0, 0.05) is 22.2 Å². The molecule has 4 aromatic rings. The number of anilines is 1. The number of nitro benzene ring substituents is 1. The van der Waals surface area contributed by atoms with Gasteiger partial charge in [0.1, 0.15) is 5.75 Å². The van der Waals surface area contributed by atoms with Crippen LogP contribution < -0.4 is 9.75 Å². The van der Waals surface area contributed by atoms with Crippen molar-refractivity contribution in [3.05, 3.63) is 92.4 Å². The molecule has 0 aliphatic carbocycles. The standard InChI is InChI=1S/C24H19BrN4O4S/c1-15(2)33-20-10-5-17(6-11-20)23(30)28(24-27-21-12-7-18(25)13-22(21)34-24)26-14-16-3-8-19(9-4-16)29(31)32/h3-15H,1-2H3/b26-14+. The number of carbonyl (C=O) groups is 1. The minimum Gasteiger partial charge on any atom is -0.491 e. The fourth-order valence-electron chi connectivity index (χ4n) is 3.04. The van der Waals surface area contributed by atoms with Crippen LogP contribution in [-0.4, -0.2) is 28.1 Å². The zero-order valence-electron chi connectivity index (χ0n) is 18.2. The highest BCUT2D eigenvalue weighted by molar-refractivity contribution is 9.10. The first-order valence-electron chi connectivity index (χ1n) is 10.3. The van der Waals surface area contributed by atoms with Gasteiger partial charge >= 0.3 is 0 Å². The molecular weight excluding hydrogens is 520 g/mol. The maximum Gasteiger partial charge on any atom is 0.280 e. The summed E-state index contributed by atoms with van der Waals surface area (Å²) in [7, 11) is 0. The van der Waals surface area contributed by atoms with E-state index in [9.17, 15) is 14.9 Å². The Kier molecular flexibility index (Phi) is 6.99. The molecule has 8 nitrogen and oxygen atoms in total. The molecule has 0 unspecified atom stereocenters. The summed E-state index contributed by atoms with van der Waals surface area (Å²) in [5.74, 6) is 0.296. The lowest BCUT2D eigenvalue weighted by Gasteiger charge is -2.15. The molecule has 0 fully saturated rings. The van der Waals surface area contributed by atoms with Gasteiger partial charge in [-0.2, -0.15) is 10.1 Å². The quantitative estimate of drug-likeness (QED) is 0.153. The molecule has 34 heavy (non-hydrogen) atoms. The summed E-state index contributed by atoms with van der Waals surface area (Å²) in [6, 6.07) is 18.4. The first kappa shape index (κ1) is 23.5. The molecule has 0 radical (unpaired) electrons. The van der Waals surface area contributed by atoms with Gasteiger partial charge in [-0.05, 0) is 74.0 Å². The van der Waals surface area contributed by atoms with Crippen LogP contribution in [0.2, 0.25) is 0 Å². The van der Waals surface area contributed by atoms with Gasteiger partial charge in [0.25, 0.3) is 11.6 Å². The van der Waals surface area contributed by atoms with Gasteiger partial charge in [-0.3, -0.25) is 14.9 Å². The molecule has 1 heterocycles. The van der Waals surface area contributed by atoms with Crippen LogP contribution in [0, 0.1) is 10.1 Å². The van der Waals surface area contributed by atoms with E-state index in [1.54, 1.807) is 36.4 Å². The largest absolute Gasteiger partial charge is 0.491 e. The summed E-state index contributed by atoms with van der Waals surface area (Å²) < 4.78 is 7.46. The Bertz CT molecular complexity index is 1370. The second-order valence-electron chi connectivity index (χ2n) is 7.51. The van der Waals surface area contributed by atoms with Crippen LogP contribution in [0.5, 0.6) is 5.75 Å². The van der Waals surface area contributed by atoms with Gasteiger partial charge in [0.05, 0.1) is 27.5 Å². The zero-order chi connectivity index (χ0) is 24.2. The summed E-state index contributed by atoms with van der Waals surface area (Å²) in [4.78, 5) is 28.4. The fourth-order valence-corrected chi connectivity index (χ4v) is 4.52. The van der Waals surface area contributed by atoms with Gasteiger partial charge in [0.15, 0.2) is 0 Å². The monoisotopic (exact) mass is 538 g/mol. The van der Waals surface area contributed by atoms with Crippen molar-refractivity contribution < 1.29 is 14.5 Å². The van der Waals surface area contributed by atoms with E-state index in [2.05, 4.69) is 26.0 Å². The highest BCUT2D eigenvalue weighted by Crippen LogP contribution is 2.32. The summed E-state index contributed by atoms with van der Waals surface area (Å²) >= 11 is 4.79. The molecule has 0 N–H and O–H groups in total. The van der Waals surface area contributed by atoms with Crippen molar-refractivity contribution in [2.45, 2.75) is 20.0 Å². The SMILES string of the molecule is CC(C)Oc1ccc(C(=O)N(/N=C/c2ccc([N+](=O)[O-])cc2)c2nc3ccc(Br)cc3s2)cc1. The molecule has 0 bridgehead atoms. The molecule has 0 aliphatic heterocycles.